The molecule has 0 radical (unpaired) electrons. The zero-order chi connectivity index (χ0) is 11.8. The third-order valence-electron chi connectivity index (χ3n) is 1.94. The van der Waals surface area contributed by atoms with Gasteiger partial charge in [0.1, 0.15) is 6.26 Å². The minimum absolute atomic E-state index is 0.0364. The van der Waals surface area contributed by atoms with E-state index in [2.05, 4.69) is 4.98 Å². The molecule has 0 fully saturated rings. The molecule has 16 heavy (non-hydrogen) atoms. The molecule has 5 nitrogen and oxygen atoms in total. The molecule has 0 bridgehead atoms. The lowest BCUT2D eigenvalue weighted by Crippen LogP contribution is -2.27. The quantitative estimate of drug-likeness (QED) is 0.704. The van der Waals surface area contributed by atoms with Crippen molar-refractivity contribution in [2.75, 3.05) is 19.3 Å². The van der Waals surface area contributed by atoms with Crippen molar-refractivity contribution in [2.24, 2.45) is 0 Å². The molecule has 0 N–H and O–H groups in total. The van der Waals surface area contributed by atoms with Crippen LogP contribution in [0.5, 0.6) is 0 Å². The topological polar surface area (TPSA) is 70.1 Å². The zero-order valence-corrected chi connectivity index (χ0v) is 9.87. The number of amides is 1. The highest BCUT2D eigenvalue weighted by atomic mass is 32.2. The second kappa shape index (κ2) is 6.90. The van der Waals surface area contributed by atoms with Crippen LogP contribution in [0.2, 0.25) is 0 Å². The number of hydrogen-bond acceptors (Lipinski definition) is 5. The van der Waals surface area contributed by atoms with Crippen LogP contribution in [0.25, 0.3) is 0 Å². The molecule has 6 heteroatoms. The molecule has 1 amide bonds. The third kappa shape index (κ3) is 4.36. The van der Waals surface area contributed by atoms with Crippen molar-refractivity contribution in [1.82, 2.24) is 9.88 Å². The first-order valence-electron chi connectivity index (χ1n) is 4.87. The molecule has 86 valence electrons. The van der Waals surface area contributed by atoms with Crippen LogP contribution < -0.4 is 0 Å². The Hall–Kier alpha value is -1.48. The molecular weight excluding hydrogens is 226 g/mol. The van der Waals surface area contributed by atoms with E-state index in [0.29, 0.717) is 30.4 Å². The van der Waals surface area contributed by atoms with Crippen molar-refractivity contribution >= 4 is 17.7 Å². The van der Waals surface area contributed by atoms with Crippen LogP contribution in [0.3, 0.4) is 0 Å². The van der Waals surface area contributed by atoms with Crippen LogP contribution in [0, 0.1) is 11.3 Å². The van der Waals surface area contributed by atoms with E-state index in [0.717, 1.165) is 0 Å². The number of nitrogens with zero attached hydrogens (tertiary/aromatic N) is 3. The second-order valence-electron chi connectivity index (χ2n) is 3.12. The van der Waals surface area contributed by atoms with Crippen LogP contribution in [-0.4, -0.2) is 35.1 Å². The van der Waals surface area contributed by atoms with Gasteiger partial charge in [0.15, 0.2) is 0 Å². The predicted molar refractivity (Wildman–Crippen MR) is 59.7 cm³/mol. The number of carbonyl (C=O) groups excluding carboxylic acids is 1. The van der Waals surface area contributed by atoms with Crippen LogP contribution in [-0.2, 0) is 4.79 Å². The van der Waals surface area contributed by atoms with Crippen LogP contribution >= 0.6 is 11.8 Å². The van der Waals surface area contributed by atoms with Gasteiger partial charge in [-0.15, -0.1) is 0 Å². The fourth-order valence-electron chi connectivity index (χ4n) is 1.04. The summed E-state index contributed by atoms with van der Waals surface area (Å²) in [6, 6.07) is 2.01. The molecule has 0 unspecified atom stereocenters. The molecule has 1 aromatic heterocycles. The standard InChI is InChI=1S/C10H13N3O2S/c1-13(6-2-4-11)9(14)3-8-16-10-12-5-7-15-10/h5,7H,2-3,6,8H2,1H3. The maximum Gasteiger partial charge on any atom is 0.255 e. The molecule has 0 saturated heterocycles. The number of nitriles is 1. The Kier molecular flexibility index (Phi) is 5.43. The Morgan fingerprint density at radius 3 is 3.19 bits per heavy atom. The summed E-state index contributed by atoms with van der Waals surface area (Å²) in [5.41, 5.74) is 0. The molecule has 0 aliphatic carbocycles. The highest BCUT2D eigenvalue weighted by Crippen LogP contribution is 2.15. The molecule has 0 saturated carbocycles. The average molecular weight is 239 g/mol. The first-order valence-corrected chi connectivity index (χ1v) is 5.86. The molecule has 0 aliphatic heterocycles. The van der Waals surface area contributed by atoms with Gasteiger partial charge in [-0.2, -0.15) is 5.26 Å². The van der Waals surface area contributed by atoms with Crippen molar-refractivity contribution in [1.29, 1.82) is 5.26 Å². The van der Waals surface area contributed by atoms with E-state index in [4.69, 9.17) is 9.68 Å². The Bertz CT molecular complexity index is 359. The molecule has 1 aromatic rings. The summed E-state index contributed by atoms with van der Waals surface area (Å²) in [4.78, 5) is 17.0. The van der Waals surface area contributed by atoms with Crippen molar-refractivity contribution in [3.63, 3.8) is 0 Å². The number of aromatic nitrogens is 1. The summed E-state index contributed by atoms with van der Waals surface area (Å²) in [6.45, 7) is 0.485. The lowest BCUT2D eigenvalue weighted by molar-refractivity contribution is -0.129. The van der Waals surface area contributed by atoms with Crippen molar-refractivity contribution in [3.8, 4) is 6.07 Å². The maximum absolute atomic E-state index is 11.5. The van der Waals surface area contributed by atoms with E-state index in [-0.39, 0.29) is 5.91 Å². The predicted octanol–water partition coefficient (Wildman–Crippen LogP) is 1.53. The molecule has 0 spiro atoms. The molecule has 0 aromatic carbocycles. The molecule has 1 heterocycles. The Morgan fingerprint density at radius 1 is 1.75 bits per heavy atom. The van der Waals surface area contributed by atoms with E-state index in [1.807, 2.05) is 6.07 Å². The summed E-state index contributed by atoms with van der Waals surface area (Å²) in [7, 11) is 1.70. The van der Waals surface area contributed by atoms with Gasteiger partial charge in [-0.25, -0.2) is 4.98 Å². The van der Waals surface area contributed by atoms with Gasteiger partial charge in [0.2, 0.25) is 5.91 Å². The van der Waals surface area contributed by atoms with Gasteiger partial charge in [0, 0.05) is 25.8 Å². The monoisotopic (exact) mass is 239 g/mol. The number of thioether (sulfide) groups is 1. The zero-order valence-electron chi connectivity index (χ0n) is 9.05. The van der Waals surface area contributed by atoms with Gasteiger partial charge >= 0.3 is 0 Å². The fourth-order valence-corrected chi connectivity index (χ4v) is 1.75. The third-order valence-corrected chi connectivity index (χ3v) is 2.79. The van der Waals surface area contributed by atoms with E-state index >= 15 is 0 Å². The number of rotatable bonds is 6. The highest BCUT2D eigenvalue weighted by molar-refractivity contribution is 7.99. The number of carbonyl (C=O) groups is 1. The second-order valence-corrected chi connectivity index (χ2v) is 4.17. The van der Waals surface area contributed by atoms with Gasteiger partial charge in [0.05, 0.1) is 18.7 Å². The van der Waals surface area contributed by atoms with Crippen molar-refractivity contribution in [2.45, 2.75) is 18.1 Å². The maximum atomic E-state index is 11.5. The van der Waals surface area contributed by atoms with Crippen molar-refractivity contribution in [3.05, 3.63) is 12.5 Å². The normalized spacial score (nSPS) is 9.75. The molecule has 0 atom stereocenters. The number of oxazole rings is 1. The lowest BCUT2D eigenvalue weighted by atomic mass is 10.3. The van der Waals surface area contributed by atoms with Gasteiger partial charge < -0.3 is 9.32 Å². The summed E-state index contributed by atoms with van der Waals surface area (Å²) in [5, 5.41) is 8.96. The van der Waals surface area contributed by atoms with E-state index in [9.17, 15) is 4.79 Å². The van der Waals surface area contributed by atoms with Gasteiger partial charge in [0.25, 0.3) is 5.22 Å². The summed E-state index contributed by atoms with van der Waals surface area (Å²) < 4.78 is 5.02. The minimum Gasteiger partial charge on any atom is -0.440 e. The van der Waals surface area contributed by atoms with E-state index in [1.165, 1.54) is 18.0 Å². The van der Waals surface area contributed by atoms with Gasteiger partial charge in [-0.3, -0.25) is 4.79 Å². The molecule has 0 aliphatic rings. The van der Waals surface area contributed by atoms with Crippen molar-refractivity contribution < 1.29 is 9.21 Å². The summed E-state index contributed by atoms with van der Waals surface area (Å²) in [5.74, 6) is 0.672. The number of hydrogen-bond donors (Lipinski definition) is 0. The Balaban J connectivity index is 2.17. The smallest absolute Gasteiger partial charge is 0.255 e. The van der Waals surface area contributed by atoms with Crippen LogP contribution in [0.1, 0.15) is 12.8 Å². The SMILES string of the molecule is CN(CCC#N)C(=O)CCSc1ncco1. The lowest BCUT2D eigenvalue weighted by Gasteiger charge is -2.14. The summed E-state index contributed by atoms with van der Waals surface area (Å²) in [6.07, 6.45) is 3.87. The van der Waals surface area contributed by atoms with Gasteiger partial charge in [-0.05, 0) is 0 Å². The van der Waals surface area contributed by atoms with E-state index in [1.54, 1.807) is 18.1 Å². The van der Waals surface area contributed by atoms with E-state index < -0.39 is 0 Å². The Labute approximate surface area is 98.4 Å². The fraction of sp³-hybridized carbons (Fsp3) is 0.500. The van der Waals surface area contributed by atoms with Crippen LogP contribution in [0.15, 0.2) is 22.1 Å². The van der Waals surface area contributed by atoms with Gasteiger partial charge in [-0.1, -0.05) is 11.8 Å². The molecular formula is C10H13N3O2S. The molecule has 1 rings (SSSR count). The average Bonchev–Trinajstić information content (AvgIpc) is 2.78. The summed E-state index contributed by atoms with van der Waals surface area (Å²) >= 11 is 1.41. The first-order chi connectivity index (χ1) is 7.74. The minimum atomic E-state index is 0.0364. The first kappa shape index (κ1) is 12.6. The largest absolute Gasteiger partial charge is 0.440 e. The Morgan fingerprint density at radius 2 is 2.56 bits per heavy atom. The van der Waals surface area contributed by atoms with Crippen LogP contribution in [0.4, 0.5) is 0 Å². The highest BCUT2D eigenvalue weighted by Gasteiger charge is 2.08.